The van der Waals surface area contributed by atoms with E-state index < -0.39 is 23.7 Å². The lowest BCUT2D eigenvalue weighted by atomic mass is 9.84. The Labute approximate surface area is 172 Å². The van der Waals surface area contributed by atoms with Crippen molar-refractivity contribution in [3.8, 4) is 11.5 Å². The molecule has 1 aliphatic carbocycles. The summed E-state index contributed by atoms with van der Waals surface area (Å²) in [5.41, 5.74) is 6.95. The van der Waals surface area contributed by atoms with Gasteiger partial charge in [-0.05, 0) is 37.3 Å². The average molecular weight is 417 g/mol. The lowest BCUT2D eigenvalue weighted by Crippen LogP contribution is -2.43. The van der Waals surface area contributed by atoms with Crippen LogP contribution in [0, 0.1) is 11.7 Å². The highest BCUT2D eigenvalue weighted by atomic mass is 19.1. The van der Waals surface area contributed by atoms with Crippen molar-refractivity contribution in [2.24, 2.45) is 11.7 Å². The quantitative estimate of drug-likeness (QED) is 0.593. The predicted molar refractivity (Wildman–Crippen MR) is 104 cm³/mol. The van der Waals surface area contributed by atoms with Crippen LogP contribution >= 0.6 is 0 Å². The number of rotatable bonds is 8. The number of aliphatic carboxylic acids is 1. The third-order valence-electron chi connectivity index (χ3n) is 5.04. The van der Waals surface area contributed by atoms with Gasteiger partial charge in [-0.2, -0.15) is 4.98 Å². The van der Waals surface area contributed by atoms with E-state index in [0.717, 1.165) is 25.5 Å². The second-order valence-corrected chi connectivity index (χ2v) is 7.33. The van der Waals surface area contributed by atoms with Gasteiger partial charge in [0.05, 0.1) is 24.2 Å². The van der Waals surface area contributed by atoms with Crippen LogP contribution in [0.2, 0.25) is 0 Å². The minimum atomic E-state index is -1.03. The Bertz CT molecular complexity index is 941. The summed E-state index contributed by atoms with van der Waals surface area (Å²) in [6.07, 6.45) is 4.69. The molecule has 1 aliphatic rings. The van der Waals surface area contributed by atoms with E-state index in [-0.39, 0.29) is 23.7 Å². The van der Waals surface area contributed by atoms with E-state index in [1.807, 2.05) is 0 Å². The minimum absolute atomic E-state index is 0.0336. The Kier molecular flexibility index (Phi) is 6.88. The summed E-state index contributed by atoms with van der Waals surface area (Å²) < 4.78 is 18.1. The van der Waals surface area contributed by atoms with Crippen molar-refractivity contribution >= 4 is 11.9 Å². The van der Waals surface area contributed by atoms with E-state index in [1.54, 1.807) is 0 Å². The molecule has 0 spiro atoms. The smallest absolute Gasteiger partial charge is 0.333 e. The van der Waals surface area contributed by atoms with Gasteiger partial charge in [0.2, 0.25) is 17.6 Å². The average Bonchev–Trinajstić information content (AvgIpc) is 3.17. The number of halogens is 1. The van der Waals surface area contributed by atoms with Crippen molar-refractivity contribution in [3.63, 3.8) is 0 Å². The molecule has 0 saturated carbocycles. The molecule has 2 unspecified atom stereocenters. The maximum atomic E-state index is 13.0. The minimum Gasteiger partial charge on any atom is -0.478 e. The SMILES string of the molecule is CCCC1CCC(C(=O)O)=C(NC(=O)C(N)Cc2nc(-c3ccc(F)cn3)no2)C1. The molecule has 2 aromatic heterocycles. The van der Waals surface area contributed by atoms with Gasteiger partial charge >= 0.3 is 5.97 Å². The van der Waals surface area contributed by atoms with Crippen LogP contribution in [0.5, 0.6) is 0 Å². The van der Waals surface area contributed by atoms with Crippen LogP contribution in [-0.2, 0) is 16.0 Å². The molecule has 160 valence electrons. The summed E-state index contributed by atoms with van der Waals surface area (Å²) in [6, 6.07) is 1.63. The first kappa shape index (κ1) is 21.6. The number of carbonyl (C=O) groups excluding carboxylic acids is 1. The summed E-state index contributed by atoms with van der Waals surface area (Å²) in [4.78, 5) is 32.1. The molecule has 9 nitrogen and oxygen atoms in total. The van der Waals surface area contributed by atoms with Crippen molar-refractivity contribution < 1.29 is 23.6 Å². The monoisotopic (exact) mass is 417 g/mol. The first-order valence-corrected chi connectivity index (χ1v) is 9.83. The van der Waals surface area contributed by atoms with Crippen LogP contribution in [0.25, 0.3) is 11.5 Å². The van der Waals surface area contributed by atoms with Gasteiger partial charge in [0, 0.05) is 5.70 Å². The molecular weight excluding hydrogens is 393 g/mol. The zero-order valence-corrected chi connectivity index (χ0v) is 16.6. The van der Waals surface area contributed by atoms with Gasteiger partial charge in [-0.1, -0.05) is 24.9 Å². The van der Waals surface area contributed by atoms with Gasteiger partial charge in [-0.15, -0.1) is 0 Å². The van der Waals surface area contributed by atoms with Gasteiger partial charge < -0.3 is 20.7 Å². The van der Waals surface area contributed by atoms with Gasteiger partial charge in [0.1, 0.15) is 11.5 Å². The van der Waals surface area contributed by atoms with Gasteiger partial charge in [0.15, 0.2) is 0 Å². The zero-order chi connectivity index (χ0) is 21.7. The van der Waals surface area contributed by atoms with Crippen LogP contribution in [-0.4, -0.2) is 38.1 Å². The van der Waals surface area contributed by atoms with Crippen LogP contribution in [0.1, 0.15) is 44.9 Å². The molecule has 0 fully saturated rings. The number of pyridine rings is 1. The number of carbonyl (C=O) groups is 2. The van der Waals surface area contributed by atoms with Gasteiger partial charge in [-0.3, -0.25) is 4.79 Å². The standard InChI is InChI=1S/C20H24FN5O4/c1-2-3-11-4-6-13(20(28)29)16(8-11)24-19(27)14(22)9-17-25-18(26-30-17)15-7-5-12(21)10-23-15/h5,7,10-11,14H,2-4,6,8-9,22H2,1H3,(H,24,27)(H,28,29). The number of carboxylic acid groups (broad SMARTS) is 1. The first-order chi connectivity index (χ1) is 14.4. The second-order valence-electron chi connectivity index (χ2n) is 7.33. The molecule has 0 radical (unpaired) electrons. The fourth-order valence-electron chi connectivity index (χ4n) is 3.50. The third kappa shape index (κ3) is 5.26. The molecule has 4 N–H and O–H groups in total. The molecule has 1 amide bonds. The zero-order valence-electron chi connectivity index (χ0n) is 16.6. The summed E-state index contributed by atoms with van der Waals surface area (Å²) in [6.45, 7) is 2.07. The van der Waals surface area contributed by atoms with Crippen LogP contribution in [0.15, 0.2) is 34.1 Å². The number of carboxylic acids is 1. The molecule has 0 aliphatic heterocycles. The summed E-state index contributed by atoms with van der Waals surface area (Å²) in [5.74, 6) is -1.41. The topological polar surface area (TPSA) is 144 Å². The third-order valence-corrected chi connectivity index (χ3v) is 5.04. The van der Waals surface area contributed by atoms with E-state index in [0.29, 0.717) is 30.2 Å². The Morgan fingerprint density at radius 2 is 2.23 bits per heavy atom. The maximum absolute atomic E-state index is 13.0. The number of nitrogens with zero attached hydrogens (tertiary/aromatic N) is 3. The molecule has 0 aromatic carbocycles. The number of aromatic nitrogens is 3. The Balaban J connectivity index is 1.65. The van der Waals surface area contributed by atoms with Crippen molar-refractivity contribution in [3.05, 3.63) is 41.3 Å². The highest BCUT2D eigenvalue weighted by Gasteiger charge is 2.27. The van der Waals surface area contributed by atoms with E-state index >= 15 is 0 Å². The Morgan fingerprint density at radius 3 is 2.90 bits per heavy atom. The molecule has 2 atom stereocenters. The van der Waals surface area contributed by atoms with Crippen LogP contribution < -0.4 is 11.1 Å². The lowest BCUT2D eigenvalue weighted by molar-refractivity contribution is -0.133. The van der Waals surface area contributed by atoms with E-state index in [4.69, 9.17) is 10.3 Å². The van der Waals surface area contributed by atoms with E-state index in [9.17, 15) is 19.1 Å². The second kappa shape index (κ2) is 9.57. The number of allylic oxidation sites excluding steroid dienone is 1. The fourth-order valence-corrected chi connectivity index (χ4v) is 3.50. The molecule has 3 rings (SSSR count). The molecule has 2 aromatic rings. The van der Waals surface area contributed by atoms with Crippen LogP contribution in [0.4, 0.5) is 4.39 Å². The van der Waals surface area contributed by atoms with Gasteiger partial charge in [0.25, 0.3) is 0 Å². The molecule has 10 heteroatoms. The molecule has 0 saturated heterocycles. The summed E-state index contributed by atoms with van der Waals surface area (Å²) in [7, 11) is 0. The van der Waals surface area contributed by atoms with Crippen molar-refractivity contribution in [1.29, 1.82) is 0 Å². The Morgan fingerprint density at radius 1 is 1.43 bits per heavy atom. The van der Waals surface area contributed by atoms with Gasteiger partial charge in [-0.25, -0.2) is 14.2 Å². The maximum Gasteiger partial charge on any atom is 0.333 e. The largest absolute Gasteiger partial charge is 0.478 e. The summed E-state index contributed by atoms with van der Waals surface area (Å²) in [5, 5.41) is 15.9. The highest BCUT2D eigenvalue weighted by Crippen LogP contribution is 2.31. The number of nitrogens with two attached hydrogens (primary N) is 1. The van der Waals surface area contributed by atoms with E-state index in [1.165, 1.54) is 12.1 Å². The number of nitrogens with one attached hydrogen (secondary N) is 1. The number of hydrogen-bond acceptors (Lipinski definition) is 7. The molecular formula is C20H24FN5O4. The van der Waals surface area contributed by atoms with Crippen LogP contribution in [0.3, 0.4) is 0 Å². The van der Waals surface area contributed by atoms with Crippen molar-refractivity contribution in [1.82, 2.24) is 20.4 Å². The molecule has 2 heterocycles. The van der Waals surface area contributed by atoms with Crippen molar-refractivity contribution in [2.45, 2.75) is 51.5 Å². The highest BCUT2D eigenvalue weighted by molar-refractivity contribution is 5.90. The fraction of sp³-hybridized carbons (Fsp3) is 0.450. The van der Waals surface area contributed by atoms with E-state index in [2.05, 4.69) is 27.4 Å². The first-order valence-electron chi connectivity index (χ1n) is 9.83. The number of hydrogen-bond donors (Lipinski definition) is 3. The number of amides is 1. The summed E-state index contributed by atoms with van der Waals surface area (Å²) >= 11 is 0. The predicted octanol–water partition coefficient (Wildman–Crippen LogP) is 2.20. The van der Waals surface area contributed by atoms with Crippen molar-refractivity contribution in [2.75, 3.05) is 0 Å². The lowest BCUT2D eigenvalue weighted by Gasteiger charge is -2.26. The molecule has 0 bridgehead atoms. The molecule has 30 heavy (non-hydrogen) atoms. The Hall–Kier alpha value is -3.14. The normalized spacial score (nSPS) is 17.6.